The van der Waals surface area contributed by atoms with Crippen molar-refractivity contribution in [3.05, 3.63) is 27.5 Å². The largest absolute Gasteiger partial charge is 0.392 e. The molecule has 1 aromatic rings. The van der Waals surface area contributed by atoms with Crippen LogP contribution < -0.4 is 0 Å². The van der Waals surface area contributed by atoms with Gasteiger partial charge in [0.05, 0.1) is 12.3 Å². The summed E-state index contributed by atoms with van der Waals surface area (Å²) < 4.78 is 37.6. The molecule has 0 amide bonds. The molecule has 1 aromatic heterocycles. The van der Waals surface area contributed by atoms with E-state index >= 15 is 0 Å². The van der Waals surface area contributed by atoms with E-state index in [0.717, 1.165) is 0 Å². The normalized spacial score (nSPS) is 10.7. The fourth-order valence-electron chi connectivity index (χ4n) is 1.33. The van der Waals surface area contributed by atoms with Gasteiger partial charge in [-0.1, -0.05) is 11.6 Å². The maximum Gasteiger partial charge on any atom is 0.135 e. The second-order valence-corrected chi connectivity index (χ2v) is 3.20. The molecule has 0 unspecified atom stereocenters. The zero-order valence-corrected chi connectivity index (χ0v) is 8.49. The molecule has 0 atom stereocenters. The van der Waals surface area contributed by atoms with E-state index in [-0.39, 0.29) is 27.5 Å². The van der Waals surface area contributed by atoms with Crippen LogP contribution in [0.25, 0.3) is 0 Å². The van der Waals surface area contributed by atoms with Crippen LogP contribution in [0.15, 0.2) is 0 Å². The van der Waals surface area contributed by atoms with Gasteiger partial charge in [0.25, 0.3) is 0 Å². The molecule has 0 spiro atoms. The summed E-state index contributed by atoms with van der Waals surface area (Å²) in [5, 5.41) is 8.73. The summed E-state index contributed by atoms with van der Waals surface area (Å²) in [4.78, 5) is 3.54. The van der Waals surface area contributed by atoms with E-state index in [1.165, 1.54) is 0 Å². The summed E-state index contributed by atoms with van der Waals surface area (Å²) in [6.07, 6.45) is 0. The summed E-state index contributed by atoms with van der Waals surface area (Å²) in [6.45, 7) is -3.57. The van der Waals surface area contributed by atoms with E-state index < -0.39 is 26.6 Å². The first-order valence-corrected chi connectivity index (χ1v) is 4.55. The molecule has 1 rings (SSSR count). The molecule has 0 aliphatic carbocycles. The Bertz CT molecular complexity index is 360. The van der Waals surface area contributed by atoms with Crippen LogP contribution in [0, 0.1) is 0 Å². The number of pyridine rings is 1. The topological polar surface area (TPSA) is 33.1 Å². The smallest absolute Gasteiger partial charge is 0.135 e. The Labute approximate surface area is 89.7 Å². The number of aliphatic hydroxyl groups is 1. The van der Waals surface area contributed by atoms with Crippen LogP contribution in [0.3, 0.4) is 0 Å². The zero-order chi connectivity index (χ0) is 11.4. The first-order chi connectivity index (χ1) is 7.19. The predicted octanol–water partition coefficient (Wildman–Crippen LogP) is 2.64. The van der Waals surface area contributed by atoms with Gasteiger partial charge in [-0.15, -0.1) is 0 Å². The van der Waals surface area contributed by atoms with Gasteiger partial charge < -0.3 is 5.11 Å². The molecular weight excluding hydrogens is 231 g/mol. The predicted molar refractivity (Wildman–Crippen MR) is 49.6 cm³/mol. The summed E-state index contributed by atoms with van der Waals surface area (Å²) in [7, 11) is 0. The first-order valence-electron chi connectivity index (χ1n) is 4.17. The molecule has 0 aromatic carbocycles. The van der Waals surface area contributed by atoms with Gasteiger partial charge in [0.1, 0.15) is 25.2 Å². The second-order valence-electron chi connectivity index (χ2n) is 2.84. The number of alkyl halides is 3. The molecule has 0 saturated heterocycles. The van der Waals surface area contributed by atoms with Crippen molar-refractivity contribution >= 4 is 11.6 Å². The molecule has 15 heavy (non-hydrogen) atoms. The van der Waals surface area contributed by atoms with Crippen LogP contribution in [-0.4, -0.2) is 10.1 Å². The Balaban J connectivity index is 3.44. The Morgan fingerprint density at radius 1 is 1.00 bits per heavy atom. The first kappa shape index (κ1) is 12.3. The average Bonchev–Trinajstić information content (AvgIpc) is 2.27. The monoisotopic (exact) mass is 239 g/mol. The van der Waals surface area contributed by atoms with Crippen LogP contribution in [0.5, 0.6) is 0 Å². The van der Waals surface area contributed by atoms with Crippen molar-refractivity contribution in [3.63, 3.8) is 0 Å². The number of nitrogens with zero attached hydrogens (tertiary/aromatic N) is 1. The average molecular weight is 240 g/mol. The van der Waals surface area contributed by atoms with E-state index in [1.807, 2.05) is 0 Å². The van der Waals surface area contributed by atoms with Crippen LogP contribution >= 0.6 is 11.6 Å². The number of aromatic nitrogens is 1. The van der Waals surface area contributed by atoms with E-state index in [0.29, 0.717) is 0 Å². The highest BCUT2D eigenvalue weighted by Crippen LogP contribution is 2.26. The Hall–Kier alpha value is -0.810. The highest BCUT2D eigenvalue weighted by molar-refractivity contribution is 6.30. The van der Waals surface area contributed by atoms with Gasteiger partial charge in [0.15, 0.2) is 0 Å². The SMILES string of the molecule is OCc1c(CF)c(Cl)nc(CF)c1CF. The minimum absolute atomic E-state index is 0.00681. The molecule has 0 aliphatic rings. The summed E-state index contributed by atoms with van der Waals surface area (Å²) in [5.74, 6) is 0. The highest BCUT2D eigenvalue weighted by Gasteiger charge is 2.17. The lowest BCUT2D eigenvalue weighted by molar-refractivity contribution is 0.274. The molecule has 0 saturated carbocycles. The lowest BCUT2D eigenvalue weighted by Crippen LogP contribution is -2.06. The molecule has 0 aliphatic heterocycles. The van der Waals surface area contributed by atoms with Crippen molar-refractivity contribution in [2.75, 3.05) is 0 Å². The third-order valence-electron chi connectivity index (χ3n) is 2.11. The van der Waals surface area contributed by atoms with Crippen molar-refractivity contribution in [1.82, 2.24) is 4.98 Å². The molecular formula is C9H9ClF3NO. The third-order valence-corrected chi connectivity index (χ3v) is 2.42. The molecule has 2 nitrogen and oxygen atoms in total. The van der Waals surface area contributed by atoms with Gasteiger partial charge in [-0.3, -0.25) is 0 Å². The van der Waals surface area contributed by atoms with Crippen molar-refractivity contribution in [2.45, 2.75) is 26.6 Å². The minimum atomic E-state index is -1.01. The Morgan fingerprint density at radius 2 is 1.60 bits per heavy atom. The molecule has 84 valence electrons. The van der Waals surface area contributed by atoms with Crippen molar-refractivity contribution < 1.29 is 18.3 Å². The molecule has 1 N–H and O–H groups in total. The van der Waals surface area contributed by atoms with Crippen molar-refractivity contribution in [2.24, 2.45) is 0 Å². The maximum atomic E-state index is 12.6. The van der Waals surface area contributed by atoms with Crippen LogP contribution in [0.4, 0.5) is 13.2 Å². The van der Waals surface area contributed by atoms with Gasteiger partial charge in [-0.2, -0.15) is 0 Å². The maximum absolute atomic E-state index is 12.6. The molecule has 6 heteroatoms. The summed E-state index contributed by atoms with van der Waals surface area (Å²) in [5.41, 5.74) is -0.391. The third kappa shape index (κ3) is 2.23. The summed E-state index contributed by atoms with van der Waals surface area (Å²) >= 11 is 5.57. The lowest BCUT2D eigenvalue weighted by atomic mass is 10.0. The number of aliphatic hydroxyl groups excluding tert-OH is 1. The van der Waals surface area contributed by atoms with Crippen molar-refractivity contribution in [3.8, 4) is 0 Å². The van der Waals surface area contributed by atoms with Crippen molar-refractivity contribution in [1.29, 1.82) is 0 Å². The van der Waals surface area contributed by atoms with Crippen LogP contribution in [0.1, 0.15) is 22.4 Å². The van der Waals surface area contributed by atoms with Gasteiger partial charge in [-0.25, -0.2) is 18.2 Å². The van der Waals surface area contributed by atoms with E-state index in [2.05, 4.69) is 4.98 Å². The Kier molecular flexibility index (Phi) is 4.35. The second kappa shape index (κ2) is 5.32. The zero-order valence-electron chi connectivity index (χ0n) is 7.73. The van der Waals surface area contributed by atoms with Gasteiger partial charge >= 0.3 is 0 Å². The molecule has 0 radical (unpaired) electrons. The fourth-order valence-corrected chi connectivity index (χ4v) is 1.60. The molecule has 0 bridgehead atoms. The fraction of sp³-hybridized carbons (Fsp3) is 0.444. The number of hydrogen-bond donors (Lipinski definition) is 1. The number of hydrogen-bond acceptors (Lipinski definition) is 2. The van der Waals surface area contributed by atoms with Crippen LogP contribution in [0.2, 0.25) is 5.15 Å². The molecule has 0 fully saturated rings. The van der Waals surface area contributed by atoms with E-state index in [9.17, 15) is 13.2 Å². The highest BCUT2D eigenvalue weighted by atomic mass is 35.5. The number of halogens is 4. The number of rotatable bonds is 4. The summed E-state index contributed by atoms with van der Waals surface area (Å²) in [6, 6.07) is 0. The standard InChI is InChI=1S/C9H9ClF3NO/c10-9-6(2-12)7(4-15)5(1-11)8(3-13)14-9/h15H,1-4H2. The lowest BCUT2D eigenvalue weighted by Gasteiger charge is -2.12. The van der Waals surface area contributed by atoms with Gasteiger partial charge in [0, 0.05) is 11.1 Å². The molecule has 1 heterocycles. The minimum Gasteiger partial charge on any atom is -0.392 e. The van der Waals surface area contributed by atoms with E-state index in [4.69, 9.17) is 16.7 Å². The van der Waals surface area contributed by atoms with E-state index in [1.54, 1.807) is 0 Å². The Morgan fingerprint density at radius 3 is 2.00 bits per heavy atom. The van der Waals surface area contributed by atoms with Gasteiger partial charge in [0.2, 0.25) is 0 Å². The van der Waals surface area contributed by atoms with Gasteiger partial charge in [-0.05, 0) is 5.56 Å². The van der Waals surface area contributed by atoms with Crippen LogP contribution in [-0.2, 0) is 26.6 Å². The quantitative estimate of drug-likeness (QED) is 0.820.